The Hall–Kier alpha value is -0.0931. The fraction of sp³-hybridized carbons (Fsp3) is 0.880. The number of carbonyl (C=O) groups is 1. The molecule has 0 N–H and O–H groups in total. The Kier molecular flexibility index (Phi) is 19.8. The Bertz CT molecular complexity index is 393. The van der Waals surface area contributed by atoms with Crippen molar-refractivity contribution in [2.45, 2.75) is 141 Å². The van der Waals surface area contributed by atoms with Crippen molar-refractivity contribution >= 4 is 28.0 Å². The van der Waals surface area contributed by atoms with E-state index in [4.69, 9.17) is 4.74 Å². The van der Waals surface area contributed by atoms with E-state index in [-0.39, 0.29) is 12.1 Å². The molecule has 0 aromatic carbocycles. The normalized spacial score (nSPS) is 12.7. The average molecular weight is 490 g/mol. The van der Waals surface area contributed by atoms with Crippen molar-refractivity contribution in [3.63, 3.8) is 0 Å². The Morgan fingerprint density at radius 3 is 1.48 bits per heavy atom. The zero-order valence-electron chi connectivity index (χ0n) is 19.8. The molecule has 0 amide bonds. The molecule has 0 spiro atoms. The number of carbonyl (C=O) groups excluding carboxylic acids is 1. The summed E-state index contributed by atoms with van der Waals surface area (Å²) < 4.78 is 5.18. The number of ether oxygens (including phenoxy) is 1. The summed E-state index contributed by atoms with van der Waals surface area (Å²) in [5.74, 6) is -0.302. The van der Waals surface area contributed by atoms with E-state index >= 15 is 0 Å². The first kappa shape index (κ1) is 28.9. The van der Waals surface area contributed by atoms with Crippen LogP contribution in [0.2, 0.25) is 19.1 Å². The van der Waals surface area contributed by atoms with Gasteiger partial charge in [0, 0.05) is 6.08 Å². The summed E-state index contributed by atoms with van der Waals surface area (Å²) in [6, 6.07) is 1.43. The number of rotatable bonds is 21. The maximum atomic E-state index is 11.1. The lowest BCUT2D eigenvalue weighted by atomic mass is 10.0. The summed E-state index contributed by atoms with van der Waals surface area (Å²) in [7, 11) is 0. The molecule has 0 rings (SSSR count). The van der Waals surface area contributed by atoms with Crippen LogP contribution in [0.1, 0.15) is 116 Å². The van der Waals surface area contributed by atoms with E-state index in [9.17, 15) is 4.79 Å². The van der Waals surface area contributed by atoms with Gasteiger partial charge in [-0.1, -0.05) is 116 Å². The summed E-state index contributed by atoms with van der Waals surface area (Å²) in [4.78, 5) is 11.1. The van der Waals surface area contributed by atoms with Crippen LogP contribution in [-0.2, 0) is 9.53 Å². The quantitative estimate of drug-likeness (QED) is 0.0528. The molecule has 1 atom stereocenters. The third-order valence-electron chi connectivity index (χ3n) is 5.62. The van der Waals surface area contributed by atoms with Gasteiger partial charge in [-0.2, -0.15) is 0 Å². The van der Waals surface area contributed by atoms with Crippen LogP contribution >= 0.6 is 15.3 Å². The zero-order chi connectivity index (χ0) is 21.8. The summed E-state index contributed by atoms with van der Waals surface area (Å²) >= 11 is 3.86. The molecule has 0 fully saturated rings. The smallest absolute Gasteiger partial charge is 0.330 e. The van der Waals surface area contributed by atoms with E-state index in [0.29, 0.717) is 0 Å². The van der Waals surface area contributed by atoms with Gasteiger partial charge in [0.15, 0.2) is 0 Å². The van der Waals surface area contributed by atoms with Gasteiger partial charge >= 0.3 is 5.97 Å². The fourth-order valence-corrected chi connectivity index (χ4v) is 5.69. The predicted octanol–water partition coefficient (Wildman–Crippen LogP) is 9.34. The van der Waals surface area contributed by atoms with Crippen LogP contribution in [0.25, 0.3) is 0 Å². The molecule has 29 heavy (non-hydrogen) atoms. The molecule has 0 bridgehead atoms. The van der Waals surface area contributed by atoms with E-state index in [1.165, 1.54) is 108 Å². The first-order valence-electron chi connectivity index (χ1n) is 12.4. The largest absolute Gasteiger partial charge is 0.460 e. The molecule has 1 unspecified atom stereocenters. The van der Waals surface area contributed by atoms with E-state index in [2.05, 4.69) is 35.0 Å². The molecule has 4 heteroatoms. The lowest BCUT2D eigenvalue weighted by Crippen LogP contribution is -2.13. The average Bonchev–Trinajstić information content (AvgIpc) is 2.66. The second-order valence-corrected chi connectivity index (χ2v) is 19.7. The number of halogens is 1. The van der Waals surface area contributed by atoms with Gasteiger partial charge in [-0.3, -0.25) is 0 Å². The standard InChI is InChI=1S/C25H49BrO2Si/c1-5-25(27)28-24(2)22-20-18-16-14-12-10-8-6-7-9-11-13-15-17-19-21-23-29(3,4)26/h5,24H,1,6-23H2,2-4H3. The van der Waals surface area contributed by atoms with Crippen molar-refractivity contribution in [3.05, 3.63) is 12.7 Å². The Balaban J connectivity index is 3.15. The molecule has 0 aliphatic heterocycles. The minimum Gasteiger partial charge on any atom is -0.460 e. The molecule has 0 radical (unpaired) electrons. The molecule has 0 saturated carbocycles. The van der Waals surface area contributed by atoms with Gasteiger partial charge < -0.3 is 4.74 Å². The van der Waals surface area contributed by atoms with Crippen molar-refractivity contribution in [2.24, 2.45) is 0 Å². The van der Waals surface area contributed by atoms with E-state index in [1.807, 2.05) is 6.92 Å². The highest BCUT2D eigenvalue weighted by atomic mass is 79.9. The maximum absolute atomic E-state index is 11.1. The fourth-order valence-electron chi connectivity index (χ4n) is 3.76. The molecule has 0 aliphatic carbocycles. The molecule has 0 saturated heterocycles. The SMILES string of the molecule is C=CC(=O)OC(C)CCCCCCCCCCCCCCCCCC[Si](C)(C)Br. The Morgan fingerprint density at radius 2 is 1.14 bits per heavy atom. The lowest BCUT2D eigenvalue weighted by molar-refractivity contribution is -0.142. The van der Waals surface area contributed by atoms with Crippen LogP contribution in [0.5, 0.6) is 0 Å². The van der Waals surface area contributed by atoms with Crippen molar-refractivity contribution < 1.29 is 9.53 Å². The van der Waals surface area contributed by atoms with Crippen LogP contribution in [-0.4, -0.2) is 18.8 Å². The van der Waals surface area contributed by atoms with E-state index in [1.54, 1.807) is 0 Å². The molecular formula is C25H49BrO2Si. The van der Waals surface area contributed by atoms with Crippen molar-refractivity contribution in [1.82, 2.24) is 0 Å². The minimum atomic E-state index is -0.982. The van der Waals surface area contributed by atoms with Crippen molar-refractivity contribution in [3.8, 4) is 0 Å². The molecule has 0 heterocycles. The zero-order valence-corrected chi connectivity index (χ0v) is 22.4. The third kappa shape index (κ3) is 24.1. The molecular weight excluding hydrogens is 440 g/mol. The first-order chi connectivity index (χ1) is 13.8. The van der Waals surface area contributed by atoms with Gasteiger partial charge in [0.05, 0.1) is 6.10 Å². The van der Waals surface area contributed by atoms with Gasteiger partial charge in [-0.15, -0.1) is 15.3 Å². The number of hydrogen-bond donors (Lipinski definition) is 0. The van der Waals surface area contributed by atoms with Gasteiger partial charge in [0.2, 0.25) is 0 Å². The number of hydrogen-bond acceptors (Lipinski definition) is 2. The summed E-state index contributed by atoms with van der Waals surface area (Å²) in [6.07, 6.45) is 24.5. The monoisotopic (exact) mass is 488 g/mol. The lowest BCUT2D eigenvalue weighted by Gasteiger charge is -2.12. The Labute approximate surface area is 191 Å². The van der Waals surface area contributed by atoms with Crippen LogP contribution in [0, 0.1) is 0 Å². The molecule has 0 aromatic heterocycles. The van der Waals surface area contributed by atoms with Crippen LogP contribution in [0.3, 0.4) is 0 Å². The highest BCUT2D eigenvalue weighted by Crippen LogP contribution is 2.21. The van der Waals surface area contributed by atoms with Gasteiger partial charge in [0.25, 0.3) is 0 Å². The highest BCUT2D eigenvalue weighted by Gasteiger charge is 2.14. The molecule has 2 nitrogen and oxygen atoms in total. The number of esters is 1. The minimum absolute atomic E-state index is 0.0219. The third-order valence-corrected chi connectivity index (χ3v) is 8.35. The first-order valence-corrected chi connectivity index (χ1v) is 17.8. The molecule has 0 aliphatic rings. The van der Waals surface area contributed by atoms with Crippen LogP contribution in [0.15, 0.2) is 12.7 Å². The number of unbranched alkanes of at least 4 members (excludes halogenated alkanes) is 15. The van der Waals surface area contributed by atoms with E-state index in [0.717, 1.165) is 12.8 Å². The second-order valence-electron chi connectivity index (χ2n) is 9.37. The summed E-state index contributed by atoms with van der Waals surface area (Å²) in [5, 5.41) is 0. The molecule has 172 valence electrons. The second kappa shape index (κ2) is 19.8. The topological polar surface area (TPSA) is 26.3 Å². The predicted molar refractivity (Wildman–Crippen MR) is 135 cm³/mol. The van der Waals surface area contributed by atoms with E-state index < -0.39 is 6.69 Å². The van der Waals surface area contributed by atoms with Crippen LogP contribution < -0.4 is 0 Å². The summed E-state index contributed by atoms with van der Waals surface area (Å²) in [6.45, 7) is 9.22. The van der Waals surface area contributed by atoms with Gasteiger partial charge in [-0.05, 0) is 25.8 Å². The highest BCUT2D eigenvalue weighted by molar-refractivity contribution is 9.26. The van der Waals surface area contributed by atoms with Crippen LogP contribution in [0.4, 0.5) is 0 Å². The Morgan fingerprint density at radius 1 is 0.793 bits per heavy atom. The van der Waals surface area contributed by atoms with Crippen molar-refractivity contribution in [1.29, 1.82) is 0 Å². The summed E-state index contributed by atoms with van der Waals surface area (Å²) in [5.41, 5.74) is 0. The van der Waals surface area contributed by atoms with Crippen molar-refractivity contribution in [2.75, 3.05) is 0 Å². The van der Waals surface area contributed by atoms with Gasteiger partial charge in [-0.25, -0.2) is 4.79 Å². The maximum Gasteiger partial charge on any atom is 0.330 e. The molecule has 0 aromatic rings. The van der Waals surface area contributed by atoms with Gasteiger partial charge in [0.1, 0.15) is 6.69 Å².